The van der Waals surface area contributed by atoms with E-state index >= 15 is 0 Å². The van der Waals surface area contributed by atoms with Gasteiger partial charge in [-0.2, -0.15) is 0 Å². The summed E-state index contributed by atoms with van der Waals surface area (Å²) in [6.07, 6.45) is 0. The average Bonchev–Trinajstić information content (AvgIpc) is 2.18. The van der Waals surface area contributed by atoms with E-state index in [9.17, 15) is 4.48 Å². The van der Waals surface area contributed by atoms with Gasteiger partial charge in [0.2, 0.25) is 0 Å². The number of nitrogens with zero attached hydrogens (tertiary/aromatic N) is 1. The fraction of sp³-hybridized carbons (Fsp3) is 0.273. The zero-order chi connectivity index (χ0) is 10.8. The molecular formula is C11H16FNSi. The first kappa shape index (κ1) is 11.0. The molecule has 1 aromatic carbocycles. The molecule has 0 unspecified atom stereocenters. The first-order valence-electron chi connectivity index (χ1n) is 4.61. The Hall–Kier alpha value is -1.09. The van der Waals surface area contributed by atoms with Gasteiger partial charge in [0.1, 0.15) is 8.07 Å². The van der Waals surface area contributed by atoms with Crippen LogP contribution in [0.3, 0.4) is 0 Å². The standard InChI is InChI=1S/C11H16FNSi/c1-5-14(3,4)11-8-6-7-10(9-11)13(2)12/h5-9H,1H2,2-4H3. The van der Waals surface area contributed by atoms with E-state index in [1.165, 1.54) is 12.2 Å². The van der Waals surface area contributed by atoms with E-state index in [-0.39, 0.29) is 0 Å². The predicted octanol–water partition coefficient (Wildman–Crippen LogP) is 2.65. The predicted molar refractivity (Wildman–Crippen MR) is 63.3 cm³/mol. The van der Waals surface area contributed by atoms with Gasteiger partial charge in [0.05, 0.1) is 5.69 Å². The Morgan fingerprint density at radius 3 is 2.57 bits per heavy atom. The molecule has 0 spiro atoms. The highest BCUT2D eigenvalue weighted by atomic mass is 28.3. The lowest BCUT2D eigenvalue weighted by atomic mass is 10.3. The normalized spacial score (nSPS) is 11.1. The molecule has 0 N–H and O–H groups in total. The van der Waals surface area contributed by atoms with E-state index in [1.54, 1.807) is 6.07 Å². The Kier molecular flexibility index (Phi) is 3.11. The molecule has 0 radical (unpaired) electrons. The Morgan fingerprint density at radius 1 is 1.43 bits per heavy atom. The fourth-order valence-corrected chi connectivity index (χ4v) is 2.50. The quantitative estimate of drug-likeness (QED) is 0.546. The number of halogens is 1. The maximum Gasteiger partial charge on any atom is 0.103 e. The van der Waals surface area contributed by atoms with Gasteiger partial charge in [-0.15, -0.1) is 11.1 Å². The van der Waals surface area contributed by atoms with Crippen LogP contribution in [0, 0.1) is 0 Å². The summed E-state index contributed by atoms with van der Waals surface area (Å²) in [6, 6.07) is 7.59. The molecule has 1 aromatic rings. The van der Waals surface area contributed by atoms with Crippen molar-refractivity contribution in [1.29, 1.82) is 0 Å². The van der Waals surface area contributed by atoms with Crippen molar-refractivity contribution in [3.8, 4) is 0 Å². The van der Waals surface area contributed by atoms with Crippen LogP contribution >= 0.6 is 0 Å². The highest BCUT2D eigenvalue weighted by Gasteiger charge is 2.19. The van der Waals surface area contributed by atoms with Gasteiger partial charge in [0.15, 0.2) is 0 Å². The van der Waals surface area contributed by atoms with Crippen LogP contribution in [0.25, 0.3) is 0 Å². The van der Waals surface area contributed by atoms with Crippen LogP contribution in [0.1, 0.15) is 0 Å². The van der Waals surface area contributed by atoms with E-state index in [0.717, 1.165) is 0 Å². The van der Waals surface area contributed by atoms with E-state index in [2.05, 4.69) is 19.7 Å². The highest BCUT2D eigenvalue weighted by molar-refractivity contribution is 6.93. The van der Waals surface area contributed by atoms with Crippen LogP contribution in [0.2, 0.25) is 13.1 Å². The van der Waals surface area contributed by atoms with Crippen molar-refractivity contribution in [2.75, 3.05) is 12.2 Å². The van der Waals surface area contributed by atoms with Crippen molar-refractivity contribution in [2.24, 2.45) is 0 Å². The van der Waals surface area contributed by atoms with Gasteiger partial charge >= 0.3 is 0 Å². The van der Waals surface area contributed by atoms with Crippen molar-refractivity contribution in [1.82, 2.24) is 0 Å². The molecule has 76 valence electrons. The number of rotatable bonds is 3. The van der Waals surface area contributed by atoms with Crippen LogP contribution in [-0.2, 0) is 0 Å². The molecule has 0 atom stereocenters. The second-order valence-electron chi connectivity index (χ2n) is 3.95. The molecule has 0 saturated heterocycles. The molecule has 0 aliphatic heterocycles. The molecule has 0 amide bonds. The minimum Gasteiger partial charge on any atom is -0.215 e. The second-order valence-corrected chi connectivity index (χ2v) is 8.38. The molecule has 0 fully saturated rings. The van der Waals surface area contributed by atoms with Crippen LogP contribution in [0.5, 0.6) is 0 Å². The molecule has 14 heavy (non-hydrogen) atoms. The molecule has 1 rings (SSSR count). The maximum atomic E-state index is 12.9. The monoisotopic (exact) mass is 209 g/mol. The summed E-state index contributed by atoms with van der Waals surface area (Å²) < 4.78 is 12.9. The molecule has 3 heteroatoms. The Labute approximate surface area is 85.8 Å². The lowest BCUT2D eigenvalue weighted by Crippen LogP contribution is -2.39. The zero-order valence-electron chi connectivity index (χ0n) is 8.92. The van der Waals surface area contributed by atoms with Gasteiger partial charge in [-0.1, -0.05) is 36.1 Å². The summed E-state index contributed by atoms with van der Waals surface area (Å²) in [6.45, 7) is 8.22. The van der Waals surface area contributed by atoms with Gasteiger partial charge in [-0.3, -0.25) is 0 Å². The van der Waals surface area contributed by atoms with Crippen LogP contribution in [0.4, 0.5) is 10.2 Å². The number of benzene rings is 1. The van der Waals surface area contributed by atoms with Gasteiger partial charge in [-0.25, -0.2) is 5.12 Å². The van der Waals surface area contributed by atoms with Gasteiger partial charge < -0.3 is 0 Å². The van der Waals surface area contributed by atoms with Crippen LogP contribution in [0.15, 0.2) is 36.5 Å². The molecule has 0 saturated carbocycles. The Balaban J connectivity index is 3.11. The van der Waals surface area contributed by atoms with E-state index in [1.807, 2.05) is 23.9 Å². The van der Waals surface area contributed by atoms with Crippen molar-refractivity contribution in [3.63, 3.8) is 0 Å². The van der Waals surface area contributed by atoms with Crippen LogP contribution in [-0.4, -0.2) is 15.1 Å². The summed E-state index contributed by atoms with van der Waals surface area (Å²) in [5.74, 6) is 0. The van der Waals surface area contributed by atoms with Crippen molar-refractivity contribution in [2.45, 2.75) is 13.1 Å². The Bertz CT molecular complexity index is 334. The molecule has 0 bridgehead atoms. The van der Waals surface area contributed by atoms with Crippen molar-refractivity contribution >= 4 is 18.9 Å². The maximum absolute atomic E-state index is 12.9. The van der Waals surface area contributed by atoms with E-state index in [0.29, 0.717) is 10.8 Å². The number of anilines is 1. The fourth-order valence-electron chi connectivity index (χ4n) is 1.22. The van der Waals surface area contributed by atoms with E-state index in [4.69, 9.17) is 0 Å². The number of hydrogen-bond acceptors (Lipinski definition) is 1. The summed E-state index contributed by atoms with van der Waals surface area (Å²) in [5, 5.41) is 1.84. The topological polar surface area (TPSA) is 3.24 Å². The minimum atomic E-state index is -1.56. The largest absolute Gasteiger partial charge is 0.215 e. The second kappa shape index (κ2) is 3.96. The molecule has 0 aliphatic rings. The van der Waals surface area contributed by atoms with Gasteiger partial charge in [0.25, 0.3) is 0 Å². The zero-order valence-corrected chi connectivity index (χ0v) is 9.92. The lowest BCUT2D eigenvalue weighted by molar-refractivity contribution is 0.476. The number of hydrogen-bond donors (Lipinski definition) is 0. The summed E-state index contributed by atoms with van der Waals surface area (Å²) >= 11 is 0. The highest BCUT2D eigenvalue weighted by Crippen LogP contribution is 2.13. The minimum absolute atomic E-state index is 0.602. The third kappa shape index (κ3) is 2.23. The van der Waals surface area contributed by atoms with Crippen molar-refractivity contribution < 1.29 is 4.48 Å². The lowest BCUT2D eigenvalue weighted by Gasteiger charge is -2.19. The smallest absolute Gasteiger partial charge is 0.103 e. The SMILES string of the molecule is C=C[Si](C)(C)c1cccc(N(C)F)c1. The summed E-state index contributed by atoms with van der Waals surface area (Å²) in [4.78, 5) is 0. The van der Waals surface area contributed by atoms with Gasteiger partial charge in [-0.05, 0) is 12.1 Å². The average molecular weight is 209 g/mol. The molecule has 0 aromatic heterocycles. The Morgan fingerprint density at radius 2 is 2.07 bits per heavy atom. The van der Waals surface area contributed by atoms with E-state index < -0.39 is 8.07 Å². The third-order valence-electron chi connectivity index (χ3n) is 2.46. The molecule has 0 heterocycles. The summed E-state index contributed by atoms with van der Waals surface area (Å²) in [7, 11) is -0.156. The van der Waals surface area contributed by atoms with Crippen molar-refractivity contribution in [3.05, 3.63) is 36.5 Å². The molecule has 0 aliphatic carbocycles. The van der Waals surface area contributed by atoms with Gasteiger partial charge in [0, 0.05) is 7.05 Å². The first-order valence-corrected chi connectivity index (χ1v) is 7.69. The first-order chi connectivity index (χ1) is 6.47. The molecular weight excluding hydrogens is 193 g/mol. The van der Waals surface area contributed by atoms with Crippen LogP contribution < -0.4 is 10.3 Å². The third-order valence-corrected chi connectivity index (χ3v) is 5.28. The summed E-state index contributed by atoms with van der Waals surface area (Å²) in [5.41, 5.74) is 2.61. The molecule has 1 nitrogen and oxygen atoms in total.